The zero-order chi connectivity index (χ0) is 18.0. The molecular formula is C20H29ClN2O3. The molecule has 1 saturated carbocycles. The van der Waals surface area contributed by atoms with Gasteiger partial charge in [0.25, 0.3) is 0 Å². The predicted octanol–water partition coefficient (Wildman–Crippen LogP) is 2.90. The summed E-state index contributed by atoms with van der Waals surface area (Å²) in [6.07, 6.45) is 2.69. The lowest BCUT2D eigenvalue weighted by atomic mass is 9.81. The Labute approximate surface area is 161 Å². The van der Waals surface area contributed by atoms with Crippen LogP contribution in [0.3, 0.4) is 0 Å². The lowest BCUT2D eigenvalue weighted by Gasteiger charge is -2.27. The van der Waals surface area contributed by atoms with E-state index in [4.69, 9.17) is 0 Å². The first kappa shape index (κ1) is 20.7. The van der Waals surface area contributed by atoms with Gasteiger partial charge < -0.3 is 10.4 Å². The van der Waals surface area contributed by atoms with Gasteiger partial charge >= 0.3 is 5.97 Å². The molecule has 0 aromatic heterocycles. The van der Waals surface area contributed by atoms with Gasteiger partial charge in [0, 0.05) is 19.6 Å². The maximum atomic E-state index is 12.6. The summed E-state index contributed by atoms with van der Waals surface area (Å²) in [4.78, 5) is 26.4. The number of carboxylic acid groups (broad SMARTS) is 1. The monoisotopic (exact) mass is 380 g/mol. The number of amides is 1. The molecule has 1 aliphatic heterocycles. The summed E-state index contributed by atoms with van der Waals surface area (Å²) in [6, 6.07) is 9.84. The SMILES string of the molecule is CC(CNC(=O)C(C)N1C[C@@H]2CCC[C@@]2(C(=O)O)C1)c1ccccc1.Cl. The van der Waals surface area contributed by atoms with E-state index in [9.17, 15) is 14.7 Å². The standard InChI is InChI=1S/C20H28N2O3.ClH/c1-14(16-7-4-3-5-8-16)11-21-18(23)15(2)22-12-17-9-6-10-20(17,13-22)19(24)25;/h3-5,7-8,14-15,17H,6,9-13H2,1-2H3,(H,21,23)(H,24,25);1H/t14?,15?,17-,20+;/m0./s1. The van der Waals surface area contributed by atoms with Gasteiger partial charge in [-0.1, -0.05) is 43.7 Å². The van der Waals surface area contributed by atoms with E-state index in [0.29, 0.717) is 13.1 Å². The quantitative estimate of drug-likeness (QED) is 0.796. The Morgan fingerprint density at radius 1 is 1.31 bits per heavy atom. The van der Waals surface area contributed by atoms with Gasteiger partial charge in [0.2, 0.25) is 5.91 Å². The molecule has 26 heavy (non-hydrogen) atoms. The number of aliphatic carboxylic acids is 1. The van der Waals surface area contributed by atoms with Crippen LogP contribution in [0, 0.1) is 11.3 Å². The maximum Gasteiger partial charge on any atom is 0.311 e. The third-order valence-corrected chi connectivity index (χ3v) is 6.20. The van der Waals surface area contributed by atoms with Gasteiger partial charge in [-0.3, -0.25) is 14.5 Å². The molecule has 4 atom stereocenters. The normalized spacial score (nSPS) is 27.2. The highest BCUT2D eigenvalue weighted by molar-refractivity contribution is 5.85. The van der Waals surface area contributed by atoms with Crippen molar-refractivity contribution in [2.75, 3.05) is 19.6 Å². The molecule has 2 N–H and O–H groups in total. The lowest BCUT2D eigenvalue weighted by molar-refractivity contribution is -0.149. The molecule has 5 nitrogen and oxygen atoms in total. The van der Waals surface area contributed by atoms with Gasteiger partial charge in [-0.2, -0.15) is 0 Å². The number of benzene rings is 1. The van der Waals surface area contributed by atoms with Gasteiger partial charge in [-0.25, -0.2) is 0 Å². The third kappa shape index (κ3) is 3.89. The van der Waals surface area contributed by atoms with Gasteiger partial charge in [0.05, 0.1) is 11.5 Å². The minimum absolute atomic E-state index is 0. The number of likely N-dealkylation sites (tertiary alicyclic amines) is 1. The number of fused-ring (bicyclic) bond motifs is 1. The number of hydrogen-bond donors (Lipinski definition) is 2. The fraction of sp³-hybridized carbons (Fsp3) is 0.600. The molecule has 0 bridgehead atoms. The van der Waals surface area contributed by atoms with Crippen LogP contribution in [0.4, 0.5) is 0 Å². The van der Waals surface area contributed by atoms with Crippen molar-refractivity contribution in [3.05, 3.63) is 35.9 Å². The van der Waals surface area contributed by atoms with Crippen LogP contribution in [-0.4, -0.2) is 47.6 Å². The second-order valence-electron chi connectivity index (χ2n) is 7.71. The number of carbonyl (C=O) groups is 2. The number of carbonyl (C=O) groups excluding carboxylic acids is 1. The van der Waals surface area contributed by atoms with E-state index < -0.39 is 11.4 Å². The van der Waals surface area contributed by atoms with Crippen molar-refractivity contribution in [3.8, 4) is 0 Å². The second-order valence-corrected chi connectivity index (χ2v) is 7.71. The Balaban J connectivity index is 0.00000243. The first-order valence-corrected chi connectivity index (χ1v) is 9.24. The average molecular weight is 381 g/mol. The number of nitrogens with one attached hydrogen (secondary N) is 1. The van der Waals surface area contributed by atoms with E-state index in [1.54, 1.807) is 0 Å². The number of rotatable bonds is 6. The van der Waals surface area contributed by atoms with Crippen LogP contribution in [0.1, 0.15) is 44.6 Å². The zero-order valence-electron chi connectivity index (χ0n) is 15.5. The molecule has 1 heterocycles. The lowest BCUT2D eigenvalue weighted by Crippen LogP contribution is -2.46. The fourth-order valence-corrected chi connectivity index (χ4v) is 4.44. The molecule has 3 rings (SSSR count). The predicted molar refractivity (Wildman–Crippen MR) is 104 cm³/mol. The van der Waals surface area contributed by atoms with Crippen molar-refractivity contribution in [2.45, 2.75) is 45.1 Å². The Morgan fingerprint density at radius 3 is 2.62 bits per heavy atom. The molecule has 1 saturated heterocycles. The van der Waals surface area contributed by atoms with Gasteiger partial charge in [0.15, 0.2) is 0 Å². The molecule has 6 heteroatoms. The Hall–Kier alpha value is -1.59. The van der Waals surface area contributed by atoms with Crippen molar-refractivity contribution in [2.24, 2.45) is 11.3 Å². The van der Waals surface area contributed by atoms with Crippen molar-refractivity contribution in [1.82, 2.24) is 10.2 Å². The number of carboxylic acids is 1. The van der Waals surface area contributed by atoms with Crippen molar-refractivity contribution in [3.63, 3.8) is 0 Å². The van der Waals surface area contributed by atoms with Crippen LogP contribution < -0.4 is 5.32 Å². The summed E-state index contributed by atoms with van der Waals surface area (Å²) in [5.41, 5.74) is 0.572. The van der Waals surface area contributed by atoms with E-state index in [1.165, 1.54) is 5.56 Å². The zero-order valence-corrected chi connectivity index (χ0v) is 16.3. The molecule has 0 radical (unpaired) electrons. The first-order valence-electron chi connectivity index (χ1n) is 9.24. The maximum absolute atomic E-state index is 12.6. The van der Waals surface area contributed by atoms with E-state index in [2.05, 4.69) is 29.3 Å². The first-order chi connectivity index (χ1) is 11.9. The Morgan fingerprint density at radius 2 is 2.00 bits per heavy atom. The molecular weight excluding hydrogens is 352 g/mol. The van der Waals surface area contributed by atoms with Gasteiger partial charge in [0.1, 0.15) is 0 Å². The van der Waals surface area contributed by atoms with Crippen LogP contribution in [0.25, 0.3) is 0 Å². The Bertz CT molecular complexity index is 639. The molecule has 144 valence electrons. The van der Waals surface area contributed by atoms with Crippen LogP contribution in [0.5, 0.6) is 0 Å². The molecule has 2 fully saturated rings. The van der Waals surface area contributed by atoms with E-state index in [0.717, 1.165) is 25.8 Å². The van der Waals surface area contributed by atoms with Crippen LogP contribution in [-0.2, 0) is 9.59 Å². The molecule has 2 aliphatic rings. The highest BCUT2D eigenvalue weighted by Crippen LogP contribution is 2.49. The van der Waals surface area contributed by atoms with Crippen LogP contribution >= 0.6 is 12.4 Å². The van der Waals surface area contributed by atoms with E-state index in [-0.39, 0.29) is 36.2 Å². The van der Waals surface area contributed by atoms with Gasteiger partial charge in [-0.05, 0) is 37.2 Å². The molecule has 0 spiro atoms. The van der Waals surface area contributed by atoms with Crippen molar-refractivity contribution >= 4 is 24.3 Å². The smallest absolute Gasteiger partial charge is 0.311 e. The molecule has 2 unspecified atom stereocenters. The van der Waals surface area contributed by atoms with Crippen molar-refractivity contribution < 1.29 is 14.7 Å². The summed E-state index contributed by atoms with van der Waals surface area (Å²) in [5, 5.41) is 12.7. The fourth-order valence-electron chi connectivity index (χ4n) is 4.44. The number of hydrogen-bond acceptors (Lipinski definition) is 3. The minimum atomic E-state index is -0.692. The summed E-state index contributed by atoms with van der Waals surface area (Å²) in [6.45, 7) is 5.79. The summed E-state index contributed by atoms with van der Waals surface area (Å²) < 4.78 is 0. The molecule has 1 aliphatic carbocycles. The average Bonchev–Trinajstić information content (AvgIpc) is 3.18. The third-order valence-electron chi connectivity index (χ3n) is 6.20. The highest BCUT2D eigenvalue weighted by Gasteiger charge is 2.55. The van der Waals surface area contributed by atoms with Crippen molar-refractivity contribution in [1.29, 1.82) is 0 Å². The second kappa shape index (κ2) is 8.40. The van der Waals surface area contributed by atoms with E-state index >= 15 is 0 Å². The van der Waals surface area contributed by atoms with Gasteiger partial charge in [-0.15, -0.1) is 12.4 Å². The number of nitrogens with zero attached hydrogens (tertiary/aromatic N) is 1. The van der Waals surface area contributed by atoms with E-state index in [1.807, 2.05) is 25.1 Å². The van der Waals surface area contributed by atoms with Crippen LogP contribution in [0.15, 0.2) is 30.3 Å². The topological polar surface area (TPSA) is 69.6 Å². The Kier molecular flexibility index (Phi) is 6.69. The largest absolute Gasteiger partial charge is 0.481 e. The highest BCUT2D eigenvalue weighted by atomic mass is 35.5. The number of halogens is 1. The summed E-state index contributed by atoms with van der Waals surface area (Å²) in [5.74, 6) is -0.268. The minimum Gasteiger partial charge on any atom is -0.481 e. The molecule has 1 aromatic carbocycles. The molecule has 1 aromatic rings. The summed E-state index contributed by atoms with van der Waals surface area (Å²) >= 11 is 0. The molecule has 1 amide bonds. The van der Waals surface area contributed by atoms with Crippen LogP contribution in [0.2, 0.25) is 0 Å². The summed E-state index contributed by atoms with van der Waals surface area (Å²) in [7, 11) is 0.